The van der Waals surface area contributed by atoms with Crippen molar-refractivity contribution in [2.75, 3.05) is 18.0 Å². The van der Waals surface area contributed by atoms with Gasteiger partial charge < -0.3 is 15.0 Å². The number of carbonyl (C=O) groups is 1. The molecule has 1 aromatic heterocycles. The molecule has 0 bridgehead atoms. The number of aromatic nitrogens is 2. The van der Waals surface area contributed by atoms with Crippen LogP contribution in [0.1, 0.15) is 27.2 Å². The lowest BCUT2D eigenvalue weighted by Gasteiger charge is -2.22. The molecule has 7 nitrogen and oxygen atoms in total. The Morgan fingerprint density at radius 2 is 1.93 bits per heavy atom. The molecule has 1 saturated heterocycles. The van der Waals surface area contributed by atoms with Gasteiger partial charge in [0.1, 0.15) is 10.6 Å². The standard InChI is InChI=1S/C19H22Cl2N4O3/c1-19(2,3)28-18(27)23-13-8-9-24(11-13)15-10-22-25(17(26)16(15)21)14-6-4-12(20)5-7-14/h4-7,10,13H,8-9,11H2,1-3H3,(H,23,27)/t13-/m0/s1. The van der Waals surface area contributed by atoms with Crippen molar-refractivity contribution >= 4 is 35.0 Å². The first kappa shape index (κ1) is 20.5. The zero-order valence-electron chi connectivity index (χ0n) is 15.9. The van der Waals surface area contributed by atoms with Gasteiger partial charge in [-0.15, -0.1) is 0 Å². The molecule has 1 aromatic carbocycles. The first-order valence-corrected chi connectivity index (χ1v) is 9.68. The van der Waals surface area contributed by atoms with E-state index in [1.807, 2.05) is 25.7 Å². The zero-order valence-corrected chi connectivity index (χ0v) is 17.4. The van der Waals surface area contributed by atoms with Crippen molar-refractivity contribution in [2.45, 2.75) is 38.8 Å². The van der Waals surface area contributed by atoms with E-state index in [4.69, 9.17) is 27.9 Å². The quantitative estimate of drug-likeness (QED) is 0.813. The SMILES string of the molecule is CC(C)(C)OC(=O)N[C@H]1CCN(c2cnn(-c3ccc(Cl)cc3)c(=O)c2Cl)C1. The highest BCUT2D eigenvalue weighted by molar-refractivity contribution is 6.33. The molecule has 1 N–H and O–H groups in total. The van der Waals surface area contributed by atoms with Crippen LogP contribution < -0.4 is 15.8 Å². The predicted molar refractivity (Wildman–Crippen MR) is 110 cm³/mol. The summed E-state index contributed by atoms with van der Waals surface area (Å²) < 4.78 is 6.52. The molecule has 1 fully saturated rings. The van der Waals surface area contributed by atoms with E-state index in [-0.39, 0.29) is 11.1 Å². The van der Waals surface area contributed by atoms with Gasteiger partial charge in [0.2, 0.25) is 0 Å². The fourth-order valence-electron chi connectivity index (χ4n) is 2.98. The normalized spacial score (nSPS) is 16.9. The number of carbonyl (C=O) groups excluding carboxylic acids is 1. The molecule has 1 aliphatic heterocycles. The number of alkyl carbamates (subject to hydrolysis) is 1. The Morgan fingerprint density at radius 3 is 2.57 bits per heavy atom. The number of ether oxygens (including phenoxy) is 1. The van der Waals surface area contributed by atoms with Crippen LogP contribution in [0.2, 0.25) is 10.0 Å². The summed E-state index contributed by atoms with van der Waals surface area (Å²) in [5.41, 5.74) is 0.158. The maximum atomic E-state index is 12.7. The van der Waals surface area contributed by atoms with E-state index in [2.05, 4.69) is 10.4 Å². The number of anilines is 1. The van der Waals surface area contributed by atoms with E-state index in [9.17, 15) is 9.59 Å². The minimum Gasteiger partial charge on any atom is -0.444 e. The third kappa shape index (κ3) is 4.77. The van der Waals surface area contributed by atoms with Gasteiger partial charge in [0.15, 0.2) is 0 Å². The summed E-state index contributed by atoms with van der Waals surface area (Å²) in [5, 5.41) is 7.75. The van der Waals surface area contributed by atoms with Gasteiger partial charge >= 0.3 is 6.09 Å². The Hall–Kier alpha value is -2.25. The van der Waals surface area contributed by atoms with Crippen LogP contribution >= 0.6 is 23.2 Å². The second-order valence-corrected chi connectivity index (χ2v) is 8.43. The topological polar surface area (TPSA) is 76.5 Å². The van der Waals surface area contributed by atoms with Crippen LogP contribution in [0.15, 0.2) is 35.3 Å². The van der Waals surface area contributed by atoms with Gasteiger partial charge in [0, 0.05) is 18.1 Å². The van der Waals surface area contributed by atoms with Crippen LogP contribution in [0.3, 0.4) is 0 Å². The van der Waals surface area contributed by atoms with Crippen molar-refractivity contribution in [3.8, 4) is 5.69 Å². The number of benzene rings is 1. The molecular weight excluding hydrogens is 403 g/mol. The van der Waals surface area contributed by atoms with Crippen molar-refractivity contribution < 1.29 is 9.53 Å². The van der Waals surface area contributed by atoms with Crippen LogP contribution in [0.5, 0.6) is 0 Å². The highest BCUT2D eigenvalue weighted by atomic mass is 35.5. The van der Waals surface area contributed by atoms with Crippen molar-refractivity contribution in [3.63, 3.8) is 0 Å². The molecule has 9 heteroatoms. The molecule has 3 rings (SSSR count). The van der Waals surface area contributed by atoms with Crippen LogP contribution in [0.25, 0.3) is 5.69 Å². The minimum atomic E-state index is -0.554. The first-order chi connectivity index (χ1) is 13.1. The number of hydrogen-bond donors (Lipinski definition) is 1. The number of amides is 1. The molecule has 2 heterocycles. The Morgan fingerprint density at radius 1 is 1.25 bits per heavy atom. The fourth-order valence-corrected chi connectivity index (χ4v) is 3.36. The molecule has 0 saturated carbocycles. The van der Waals surface area contributed by atoms with E-state index in [0.29, 0.717) is 29.5 Å². The fraction of sp³-hybridized carbons (Fsp3) is 0.421. The zero-order chi connectivity index (χ0) is 20.5. The summed E-state index contributed by atoms with van der Waals surface area (Å²) in [6.07, 6.45) is 1.83. The Bertz CT molecular complexity index is 922. The largest absolute Gasteiger partial charge is 0.444 e. The van der Waals surface area contributed by atoms with Crippen LogP contribution in [-0.2, 0) is 4.74 Å². The van der Waals surface area contributed by atoms with Crippen molar-refractivity contribution in [2.24, 2.45) is 0 Å². The van der Waals surface area contributed by atoms with Gasteiger partial charge in [-0.3, -0.25) is 4.79 Å². The molecular formula is C19H22Cl2N4O3. The van der Waals surface area contributed by atoms with Crippen molar-refractivity contribution in [1.82, 2.24) is 15.1 Å². The van der Waals surface area contributed by atoms with Gasteiger partial charge in [-0.2, -0.15) is 9.78 Å². The van der Waals surface area contributed by atoms with Crippen LogP contribution in [0, 0.1) is 0 Å². The van der Waals surface area contributed by atoms with Gasteiger partial charge in [0.25, 0.3) is 5.56 Å². The summed E-state index contributed by atoms with van der Waals surface area (Å²) in [7, 11) is 0. The lowest BCUT2D eigenvalue weighted by molar-refractivity contribution is 0.0509. The first-order valence-electron chi connectivity index (χ1n) is 8.92. The highest BCUT2D eigenvalue weighted by Gasteiger charge is 2.28. The van der Waals surface area contributed by atoms with Crippen LogP contribution in [0.4, 0.5) is 10.5 Å². The monoisotopic (exact) mass is 424 g/mol. The average molecular weight is 425 g/mol. The number of halogens is 2. The lowest BCUT2D eigenvalue weighted by Crippen LogP contribution is -2.40. The Balaban J connectivity index is 1.73. The molecule has 0 spiro atoms. The molecule has 0 radical (unpaired) electrons. The molecule has 150 valence electrons. The summed E-state index contributed by atoms with van der Waals surface area (Å²) >= 11 is 12.2. The van der Waals surface area contributed by atoms with E-state index in [0.717, 1.165) is 6.42 Å². The average Bonchev–Trinajstić information content (AvgIpc) is 3.04. The third-order valence-electron chi connectivity index (χ3n) is 4.22. The molecule has 0 unspecified atom stereocenters. The van der Waals surface area contributed by atoms with Crippen LogP contribution in [-0.4, -0.2) is 40.6 Å². The minimum absolute atomic E-state index is 0.0860. The number of nitrogens with zero attached hydrogens (tertiary/aromatic N) is 3. The van der Waals surface area contributed by atoms with E-state index >= 15 is 0 Å². The number of nitrogens with one attached hydrogen (secondary N) is 1. The highest BCUT2D eigenvalue weighted by Crippen LogP contribution is 2.26. The Labute approximate surface area is 173 Å². The lowest BCUT2D eigenvalue weighted by atomic mass is 10.2. The molecule has 1 atom stereocenters. The Kier molecular flexibility index (Phi) is 5.86. The molecule has 2 aromatic rings. The van der Waals surface area contributed by atoms with Gasteiger partial charge in [-0.25, -0.2) is 4.79 Å². The predicted octanol–water partition coefficient (Wildman–Crippen LogP) is 3.64. The van der Waals surface area contributed by atoms with E-state index < -0.39 is 17.3 Å². The second-order valence-electron chi connectivity index (χ2n) is 7.62. The molecule has 1 amide bonds. The van der Waals surface area contributed by atoms with E-state index in [1.165, 1.54) is 4.68 Å². The molecule has 0 aliphatic carbocycles. The van der Waals surface area contributed by atoms with Gasteiger partial charge in [0.05, 0.1) is 23.6 Å². The van der Waals surface area contributed by atoms with E-state index in [1.54, 1.807) is 30.5 Å². The summed E-state index contributed by atoms with van der Waals surface area (Å²) in [4.78, 5) is 26.6. The van der Waals surface area contributed by atoms with Gasteiger partial charge in [-0.1, -0.05) is 23.2 Å². The number of rotatable bonds is 3. The third-order valence-corrected chi connectivity index (χ3v) is 4.83. The molecule has 28 heavy (non-hydrogen) atoms. The molecule has 1 aliphatic rings. The maximum Gasteiger partial charge on any atom is 0.407 e. The summed E-state index contributed by atoms with van der Waals surface area (Å²) in [5.74, 6) is 0. The second kappa shape index (κ2) is 8.01. The van der Waals surface area contributed by atoms with Crippen molar-refractivity contribution in [1.29, 1.82) is 0 Å². The number of hydrogen-bond acceptors (Lipinski definition) is 5. The van der Waals surface area contributed by atoms with Crippen molar-refractivity contribution in [3.05, 3.63) is 50.9 Å². The van der Waals surface area contributed by atoms with Gasteiger partial charge in [-0.05, 0) is 51.5 Å². The summed E-state index contributed by atoms with van der Waals surface area (Å²) in [6, 6.07) is 6.66. The smallest absolute Gasteiger partial charge is 0.407 e. The summed E-state index contributed by atoms with van der Waals surface area (Å²) in [6.45, 7) is 6.61. The maximum absolute atomic E-state index is 12.7.